The highest BCUT2D eigenvalue weighted by atomic mass is 16.5. The maximum absolute atomic E-state index is 12.6. The minimum absolute atomic E-state index is 0.187. The van der Waals surface area contributed by atoms with E-state index in [1.165, 1.54) is 0 Å². The van der Waals surface area contributed by atoms with Crippen LogP contribution in [0.25, 0.3) is 10.8 Å². The molecule has 1 amide bonds. The maximum Gasteiger partial charge on any atom is 0.265 e. The van der Waals surface area contributed by atoms with Gasteiger partial charge in [0, 0.05) is 11.1 Å². The van der Waals surface area contributed by atoms with Crippen molar-refractivity contribution in [1.82, 2.24) is 0 Å². The molecule has 3 aromatic rings. The maximum atomic E-state index is 12.6. The summed E-state index contributed by atoms with van der Waals surface area (Å²) in [6.07, 6.45) is 0.331. The monoisotopic (exact) mass is 344 g/mol. The highest BCUT2D eigenvalue weighted by Crippen LogP contribution is 2.26. The van der Waals surface area contributed by atoms with E-state index in [1.807, 2.05) is 61.5 Å². The summed E-state index contributed by atoms with van der Waals surface area (Å²) >= 11 is 0. The van der Waals surface area contributed by atoms with Crippen LogP contribution in [0.2, 0.25) is 0 Å². The number of ether oxygens (including phenoxy) is 1. The second-order valence-electron chi connectivity index (χ2n) is 6.01. The number of fused-ring (bicyclic) bond motifs is 1. The number of carbonyl (C=O) groups is 1. The van der Waals surface area contributed by atoms with Crippen LogP contribution in [0.15, 0.2) is 66.7 Å². The van der Waals surface area contributed by atoms with E-state index in [1.54, 1.807) is 12.1 Å². The van der Waals surface area contributed by atoms with Crippen molar-refractivity contribution in [2.75, 3.05) is 5.32 Å². The van der Waals surface area contributed by atoms with Crippen LogP contribution in [-0.4, -0.2) is 12.0 Å². The van der Waals surface area contributed by atoms with Crippen molar-refractivity contribution in [2.45, 2.75) is 25.9 Å². The summed E-state index contributed by atoms with van der Waals surface area (Å²) in [6.45, 7) is 1.92. The van der Waals surface area contributed by atoms with Crippen molar-refractivity contribution in [3.8, 4) is 11.8 Å². The molecule has 26 heavy (non-hydrogen) atoms. The second kappa shape index (κ2) is 8.17. The Morgan fingerprint density at radius 1 is 1.08 bits per heavy atom. The molecule has 0 aromatic heterocycles. The molecule has 4 nitrogen and oxygen atoms in total. The van der Waals surface area contributed by atoms with Crippen molar-refractivity contribution in [3.05, 3.63) is 72.3 Å². The first-order valence-corrected chi connectivity index (χ1v) is 8.62. The first-order chi connectivity index (χ1) is 12.7. The quantitative estimate of drug-likeness (QED) is 0.705. The molecule has 0 aliphatic rings. The van der Waals surface area contributed by atoms with E-state index in [2.05, 4.69) is 11.4 Å². The zero-order valence-electron chi connectivity index (χ0n) is 14.6. The van der Waals surface area contributed by atoms with Gasteiger partial charge in [-0.25, -0.2) is 0 Å². The lowest BCUT2D eigenvalue weighted by atomic mass is 10.1. The molecule has 0 bridgehead atoms. The molecule has 0 radical (unpaired) electrons. The molecular weight excluding hydrogens is 324 g/mol. The summed E-state index contributed by atoms with van der Waals surface area (Å²) in [5, 5.41) is 13.7. The Morgan fingerprint density at radius 2 is 1.81 bits per heavy atom. The van der Waals surface area contributed by atoms with Crippen LogP contribution in [0.5, 0.6) is 5.75 Å². The van der Waals surface area contributed by atoms with E-state index in [4.69, 9.17) is 10.00 Å². The topological polar surface area (TPSA) is 62.1 Å². The number of carbonyl (C=O) groups excluding carboxylic acids is 1. The predicted octanol–water partition coefficient (Wildman–Crippen LogP) is 4.70. The molecule has 0 aliphatic heterocycles. The molecule has 0 fully saturated rings. The van der Waals surface area contributed by atoms with Gasteiger partial charge in [-0.05, 0) is 35.6 Å². The van der Waals surface area contributed by atoms with Gasteiger partial charge in [-0.2, -0.15) is 5.26 Å². The lowest BCUT2D eigenvalue weighted by Gasteiger charge is -2.18. The number of benzene rings is 3. The van der Waals surface area contributed by atoms with Gasteiger partial charge in [-0.3, -0.25) is 4.79 Å². The summed E-state index contributed by atoms with van der Waals surface area (Å²) in [5.74, 6) is 0.517. The Kier molecular flexibility index (Phi) is 5.50. The first kappa shape index (κ1) is 17.5. The lowest BCUT2D eigenvalue weighted by Crippen LogP contribution is -2.32. The average Bonchev–Trinajstić information content (AvgIpc) is 2.68. The number of nitrogens with zero attached hydrogens (tertiary/aromatic N) is 1. The Labute approximate surface area is 153 Å². The van der Waals surface area contributed by atoms with E-state index < -0.39 is 6.10 Å². The van der Waals surface area contributed by atoms with Crippen LogP contribution in [0.3, 0.4) is 0 Å². The molecule has 1 atom stereocenters. The zero-order chi connectivity index (χ0) is 18.4. The number of anilines is 1. The summed E-state index contributed by atoms with van der Waals surface area (Å²) in [4.78, 5) is 12.6. The molecule has 130 valence electrons. The Hall–Kier alpha value is -3.32. The molecular formula is C22H20N2O2. The molecule has 0 aliphatic carbocycles. The molecule has 1 N–H and O–H groups in total. The van der Waals surface area contributed by atoms with Crippen LogP contribution in [-0.2, 0) is 11.2 Å². The Bertz CT molecular complexity index is 937. The highest BCUT2D eigenvalue weighted by Gasteiger charge is 2.19. The standard InChI is InChI=1S/C22H20N2O2/c1-2-20(22(25)24-18-12-10-16(11-13-18)14-15-23)26-21-9-5-7-17-6-3-4-8-19(17)21/h3-13,20H,2,14H2,1H3,(H,24,25)/t20-/m0/s1. The minimum Gasteiger partial charge on any atom is -0.480 e. The van der Waals surface area contributed by atoms with Crippen LogP contribution >= 0.6 is 0 Å². The molecule has 0 saturated heterocycles. The second-order valence-corrected chi connectivity index (χ2v) is 6.01. The van der Waals surface area contributed by atoms with E-state index in [0.29, 0.717) is 24.3 Å². The van der Waals surface area contributed by atoms with Gasteiger partial charge in [-0.1, -0.05) is 55.5 Å². The Balaban J connectivity index is 1.73. The van der Waals surface area contributed by atoms with Crippen LogP contribution in [0.1, 0.15) is 18.9 Å². The SMILES string of the molecule is CC[C@H](Oc1cccc2ccccc12)C(=O)Nc1ccc(CC#N)cc1. The van der Waals surface area contributed by atoms with E-state index in [0.717, 1.165) is 16.3 Å². The van der Waals surface area contributed by atoms with E-state index in [9.17, 15) is 4.79 Å². The van der Waals surface area contributed by atoms with Gasteiger partial charge in [0.2, 0.25) is 0 Å². The van der Waals surface area contributed by atoms with Crippen LogP contribution in [0.4, 0.5) is 5.69 Å². The molecule has 0 heterocycles. The van der Waals surface area contributed by atoms with Crippen molar-refractivity contribution in [2.24, 2.45) is 0 Å². The largest absolute Gasteiger partial charge is 0.480 e. The number of amides is 1. The average molecular weight is 344 g/mol. The van der Waals surface area contributed by atoms with Gasteiger partial charge in [0.15, 0.2) is 6.10 Å². The van der Waals surface area contributed by atoms with Crippen LogP contribution in [0, 0.1) is 11.3 Å². The summed E-state index contributed by atoms with van der Waals surface area (Å²) in [5.41, 5.74) is 1.61. The summed E-state index contributed by atoms with van der Waals surface area (Å²) in [6, 6.07) is 23.2. The van der Waals surface area contributed by atoms with Crippen LogP contribution < -0.4 is 10.1 Å². The van der Waals surface area contributed by atoms with Gasteiger partial charge in [0.05, 0.1) is 12.5 Å². The summed E-state index contributed by atoms with van der Waals surface area (Å²) < 4.78 is 6.02. The van der Waals surface area contributed by atoms with Gasteiger partial charge in [0.1, 0.15) is 5.75 Å². The first-order valence-electron chi connectivity index (χ1n) is 8.62. The zero-order valence-corrected chi connectivity index (χ0v) is 14.6. The fourth-order valence-electron chi connectivity index (χ4n) is 2.79. The van der Waals surface area contributed by atoms with E-state index >= 15 is 0 Å². The molecule has 0 unspecified atom stereocenters. The fourth-order valence-corrected chi connectivity index (χ4v) is 2.79. The molecule has 0 spiro atoms. The number of rotatable bonds is 6. The number of nitrogens with one attached hydrogen (secondary N) is 1. The van der Waals surface area contributed by atoms with E-state index in [-0.39, 0.29) is 5.91 Å². The summed E-state index contributed by atoms with van der Waals surface area (Å²) in [7, 11) is 0. The smallest absolute Gasteiger partial charge is 0.265 e. The number of hydrogen-bond acceptors (Lipinski definition) is 3. The third-order valence-electron chi connectivity index (χ3n) is 4.19. The highest BCUT2D eigenvalue weighted by molar-refractivity contribution is 5.95. The van der Waals surface area contributed by atoms with Crippen molar-refractivity contribution >= 4 is 22.4 Å². The van der Waals surface area contributed by atoms with Crippen molar-refractivity contribution < 1.29 is 9.53 Å². The number of hydrogen-bond donors (Lipinski definition) is 1. The van der Waals surface area contributed by atoms with Gasteiger partial charge >= 0.3 is 0 Å². The third kappa shape index (κ3) is 4.01. The molecule has 0 saturated carbocycles. The molecule has 3 rings (SSSR count). The molecule has 3 aromatic carbocycles. The van der Waals surface area contributed by atoms with Crippen molar-refractivity contribution in [3.63, 3.8) is 0 Å². The van der Waals surface area contributed by atoms with Crippen molar-refractivity contribution in [1.29, 1.82) is 5.26 Å². The lowest BCUT2D eigenvalue weighted by molar-refractivity contribution is -0.122. The van der Waals surface area contributed by atoms with Gasteiger partial charge < -0.3 is 10.1 Å². The van der Waals surface area contributed by atoms with Gasteiger partial charge in [0.25, 0.3) is 5.91 Å². The normalized spacial score (nSPS) is 11.5. The van der Waals surface area contributed by atoms with Gasteiger partial charge in [-0.15, -0.1) is 0 Å². The fraction of sp³-hybridized carbons (Fsp3) is 0.182. The third-order valence-corrected chi connectivity index (χ3v) is 4.19. The number of nitriles is 1. The predicted molar refractivity (Wildman–Crippen MR) is 103 cm³/mol. The minimum atomic E-state index is -0.584. The Morgan fingerprint density at radius 3 is 2.54 bits per heavy atom. The molecule has 4 heteroatoms.